The molecule has 0 bridgehead atoms. The summed E-state index contributed by atoms with van der Waals surface area (Å²) < 4.78 is 5.78. The van der Waals surface area contributed by atoms with E-state index in [1.54, 1.807) is 24.8 Å². The van der Waals surface area contributed by atoms with E-state index in [1.165, 1.54) is 0 Å². The summed E-state index contributed by atoms with van der Waals surface area (Å²) in [6.07, 6.45) is 6.60. The van der Waals surface area contributed by atoms with Gasteiger partial charge in [-0.2, -0.15) is 0 Å². The third kappa shape index (κ3) is 3.20. The lowest BCUT2D eigenvalue weighted by Gasteiger charge is -2.13. The molecule has 0 aromatic carbocycles. The fourth-order valence-corrected chi connectivity index (χ4v) is 1.89. The van der Waals surface area contributed by atoms with Gasteiger partial charge in [-0.3, -0.25) is 9.97 Å². The third-order valence-corrected chi connectivity index (χ3v) is 2.94. The van der Waals surface area contributed by atoms with Crippen LogP contribution in [0.25, 0.3) is 11.5 Å². The van der Waals surface area contributed by atoms with Crippen molar-refractivity contribution < 1.29 is 4.74 Å². The lowest BCUT2D eigenvalue weighted by atomic mass is 10.2. The fraction of sp³-hybridized carbons (Fsp3) is 0.125. The molecule has 0 saturated heterocycles. The molecule has 0 aliphatic carbocycles. The number of hydrogen-bond acceptors (Lipinski definition) is 5. The maximum Gasteiger partial charge on any atom is 0.178 e. The molecule has 0 N–H and O–H groups in total. The first-order chi connectivity index (χ1) is 10.3. The summed E-state index contributed by atoms with van der Waals surface area (Å²) in [5.74, 6) is 1.18. The number of ether oxygens (including phenoxy) is 1. The Morgan fingerprint density at radius 1 is 0.857 bits per heavy atom. The zero-order valence-electron chi connectivity index (χ0n) is 11.5. The van der Waals surface area contributed by atoms with Gasteiger partial charge in [-0.1, -0.05) is 12.1 Å². The maximum absolute atomic E-state index is 5.78. The number of pyridine rings is 2. The smallest absolute Gasteiger partial charge is 0.178 e. The molecule has 0 radical (unpaired) electrons. The van der Waals surface area contributed by atoms with Crippen molar-refractivity contribution in [2.24, 2.45) is 0 Å². The van der Waals surface area contributed by atoms with Crippen LogP contribution in [0.1, 0.15) is 18.7 Å². The maximum atomic E-state index is 5.78. The molecule has 3 heterocycles. The molecule has 0 spiro atoms. The molecule has 1 atom stereocenters. The van der Waals surface area contributed by atoms with E-state index < -0.39 is 0 Å². The van der Waals surface area contributed by atoms with Gasteiger partial charge in [0.2, 0.25) is 0 Å². The van der Waals surface area contributed by atoms with Gasteiger partial charge in [0.05, 0.1) is 18.1 Å². The highest BCUT2D eigenvalue weighted by molar-refractivity contribution is 5.48. The van der Waals surface area contributed by atoms with E-state index in [0.717, 1.165) is 11.4 Å². The van der Waals surface area contributed by atoms with E-state index in [4.69, 9.17) is 4.74 Å². The first kappa shape index (κ1) is 13.2. The van der Waals surface area contributed by atoms with Crippen molar-refractivity contribution in [2.75, 3.05) is 0 Å². The summed E-state index contributed by atoms with van der Waals surface area (Å²) in [7, 11) is 0. The van der Waals surface area contributed by atoms with Crippen LogP contribution in [0.5, 0.6) is 5.75 Å². The van der Waals surface area contributed by atoms with Gasteiger partial charge in [-0.05, 0) is 31.2 Å². The molecule has 3 aromatic heterocycles. The van der Waals surface area contributed by atoms with Gasteiger partial charge in [0.25, 0.3) is 0 Å². The van der Waals surface area contributed by atoms with Crippen LogP contribution < -0.4 is 4.74 Å². The zero-order chi connectivity index (χ0) is 14.5. The second kappa shape index (κ2) is 6.09. The average Bonchev–Trinajstić information content (AvgIpc) is 2.57. The SMILES string of the molecule is CC(Oc1cnc(-c2ccccn2)nc1)c1ccccn1. The number of aromatic nitrogens is 4. The van der Waals surface area contributed by atoms with Crippen LogP contribution in [0, 0.1) is 0 Å². The minimum absolute atomic E-state index is 0.157. The van der Waals surface area contributed by atoms with Gasteiger partial charge in [0.15, 0.2) is 11.6 Å². The average molecular weight is 278 g/mol. The molecule has 0 saturated carbocycles. The molecule has 5 heteroatoms. The molecule has 0 amide bonds. The molecule has 3 rings (SSSR count). The second-order valence-electron chi connectivity index (χ2n) is 4.47. The summed E-state index contributed by atoms with van der Waals surface area (Å²) >= 11 is 0. The minimum Gasteiger partial charge on any atom is -0.481 e. The second-order valence-corrected chi connectivity index (χ2v) is 4.47. The molecule has 0 fully saturated rings. The molecule has 3 aromatic rings. The van der Waals surface area contributed by atoms with Crippen molar-refractivity contribution >= 4 is 0 Å². The van der Waals surface area contributed by atoms with E-state index in [0.29, 0.717) is 11.6 Å². The lowest BCUT2D eigenvalue weighted by molar-refractivity contribution is 0.220. The van der Waals surface area contributed by atoms with E-state index in [1.807, 2.05) is 43.3 Å². The predicted octanol–water partition coefficient (Wildman–Crippen LogP) is 3.07. The molecule has 0 aliphatic heterocycles. The van der Waals surface area contributed by atoms with Crippen molar-refractivity contribution in [3.63, 3.8) is 0 Å². The van der Waals surface area contributed by atoms with Crippen molar-refractivity contribution in [3.05, 3.63) is 66.9 Å². The normalized spacial score (nSPS) is 11.9. The van der Waals surface area contributed by atoms with Crippen molar-refractivity contribution in [2.45, 2.75) is 13.0 Å². The Morgan fingerprint density at radius 3 is 2.19 bits per heavy atom. The molecular formula is C16H14N4O. The summed E-state index contributed by atoms with van der Waals surface area (Å²) in [5, 5.41) is 0. The van der Waals surface area contributed by atoms with Gasteiger partial charge < -0.3 is 4.74 Å². The standard InChI is InChI=1S/C16H14N4O/c1-12(14-6-2-4-8-17-14)21-13-10-19-16(20-11-13)15-7-3-5-9-18-15/h2-12H,1H3. The Balaban J connectivity index is 1.73. The van der Waals surface area contributed by atoms with Crippen LogP contribution in [0.3, 0.4) is 0 Å². The fourth-order valence-electron chi connectivity index (χ4n) is 1.89. The van der Waals surface area contributed by atoms with Crippen molar-refractivity contribution in [1.29, 1.82) is 0 Å². The highest BCUT2D eigenvalue weighted by Gasteiger charge is 2.09. The number of rotatable bonds is 4. The van der Waals surface area contributed by atoms with E-state index >= 15 is 0 Å². The number of hydrogen-bond donors (Lipinski definition) is 0. The number of nitrogens with zero attached hydrogens (tertiary/aromatic N) is 4. The Morgan fingerprint density at radius 2 is 1.57 bits per heavy atom. The monoisotopic (exact) mass is 278 g/mol. The quantitative estimate of drug-likeness (QED) is 0.734. The lowest BCUT2D eigenvalue weighted by Crippen LogP contribution is -2.05. The Bertz CT molecular complexity index is 686. The van der Waals surface area contributed by atoms with Gasteiger partial charge in [0.1, 0.15) is 11.8 Å². The Labute approximate surface area is 122 Å². The van der Waals surface area contributed by atoms with Crippen LogP contribution in [-0.2, 0) is 0 Å². The largest absolute Gasteiger partial charge is 0.481 e. The van der Waals surface area contributed by atoms with Gasteiger partial charge in [-0.15, -0.1) is 0 Å². The van der Waals surface area contributed by atoms with E-state index in [-0.39, 0.29) is 6.10 Å². The van der Waals surface area contributed by atoms with Crippen LogP contribution in [-0.4, -0.2) is 19.9 Å². The van der Waals surface area contributed by atoms with Gasteiger partial charge >= 0.3 is 0 Å². The molecule has 1 unspecified atom stereocenters. The van der Waals surface area contributed by atoms with Crippen LogP contribution in [0.4, 0.5) is 0 Å². The van der Waals surface area contributed by atoms with E-state index in [2.05, 4.69) is 19.9 Å². The molecule has 0 aliphatic rings. The third-order valence-electron chi connectivity index (χ3n) is 2.94. The summed E-state index contributed by atoms with van der Waals surface area (Å²) in [6.45, 7) is 1.94. The molecular weight excluding hydrogens is 264 g/mol. The van der Waals surface area contributed by atoms with Crippen molar-refractivity contribution in [1.82, 2.24) is 19.9 Å². The van der Waals surface area contributed by atoms with Crippen LogP contribution in [0.2, 0.25) is 0 Å². The first-order valence-corrected chi connectivity index (χ1v) is 6.64. The van der Waals surface area contributed by atoms with E-state index in [9.17, 15) is 0 Å². The summed E-state index contributed by atoms with van der Waals surface area (Å²) in [4.78, 5) is 17.0. The topological polar surface area (TPSA) is 60.8 Å². The zero-order valence-corrected chi connectivity index (χ0v) is 11.5. The Kier molecular flexibility index (Phi) is 3.82. The first-order valence-electron chi connectivity index (χ1n) is 6.64. The van der Waals surface area contributed by atoms with Crippen LogP contribution in [0.15, 0.2) is 61.2 Å². The highest BCUT2D eigenvalue weighted by atomic mass is 16.5. The minimum atomic E-state index is -0.157. The highest BCUT2D eigenvalue weighted by Crippen LogP contribution is 2.20. The molecule has 104 valence electrons. The van der Waals surface area contributed by atoms with Crippen molar-refractivity contribution in [3.8, 4) is 17.3 Å². The summed E-state index contributed by atoms with van der Waals surface area (Å²) in [5.41, 5.74) is 1.60. The van der Waals surface area contributed by atoms with Gasteiger partial charge in [0, 0.05) is 12.4 Å². The molecule has 5 nitrogen and oxygen atoms in total. The summed E-state index contributed by atoms with van der Waals surface area (Å²) in [6, 6.07) is 11.4. The Hall–Kier alpha value is -2.82. The predicted molar refractivity (Wildman–Crippen MR) is 78.5 cm³/mol. The van der Waals surface area contributed by atoms with Gasteiger partial charge in [-0.25, -0.2) is 9.97 Å². The molecule has 21 heavy (non-hydrogen) atoms. The van der Waals surface area contributed by atoms with Crippen LogP contribution >= 0.6 is 0 Å².